The van der Waals surface area contributed by atoms with Crippen molar-refractivity contribution in [1.29, 1.82) is 0 Å². The van der Waals surface area contributed by atoms with Crippen LogP contribution in [-0.4, -0.2) is 5.78 Å². The lowest BCUT2D eigenvalue weighted by Crippen LogP contribution is -1.94. The second-order valence-corrected chi connectivity index (χ2v) is 2.14. The van der Waals surface area contributed by atoms with Crippen molar-refractivity contribution in [3.63, 3.8) is 0 Å². The third-order valence-corrected chi connectivity index (χ3v) is 1.42. The smallest absolute Gasteiger partial charge is 0.162 e. The van der Waals surface area contributed by atoms with Gasteiger partial charge in [0.05, 0.1) is 0 Å². The van der Waals surface area contributed by atoms with Gasteiger partial charge in [-0.2, -0.15) is 0 Å². The number of rotatable bonds is 2. The standard InChI is InChI=1S/C9H10O.CH4/c1-2-9(10)8-6-4-3-5-7-8;/h3-7H,2H2,1H3;1H4. The Kier molecular flexibility index (Phi) is 4.20. The van der Waals surface area contributed by atoms with Crippen LogP contribution in [0, 0.1) is 0 Å². The van der Waals surface area contributed by atoms with Crippen LogP contribution in [0.2, 0.25) is 0 Å². The van der Waals surface area contributed by atoms with Crippen molar-refractivity contribution in [1.82, 2.24) is 0 Å². The van der Waals surface area contributed by atoms with Gasteiger partial charge in [-0.15, -0.1) is 0 Å². The minimum Gasteiger partial charge on any atom is -0.294 e. The summed E-state index contributed by atoms with van der Waals surface area (Å²) in [5.74, 6) is 0.209. The van der Waals surface area contributed by atoms with E-state index in [-0.39, 0.29) is 13.2 Å². The second-order valence-electron chi connectivity index (χ2n) is 2.14. The van der Waals surface area contributed by atoms with Crippen molar-refractivity contribution in [2.24, 2.45) is 0 Å². The molecule has 1 aromatic carbocycles. The van der Waals surface area contributed by atoms with Crippen molar-refractivity contribution in [3.05, 3.63) is 35.9 Å². The van der Waals surface area contributed by atoms with Crippen LogP contribution in [0.25, 0.3) is 0 Å². The lowest BCUT2D eigenvalue weighted by atomic mass is 10.1. The SMILES string of the molecule is C.CCC(=O)c1ccccc1. The highest BCUT2D eigenvalue weighted by atomic mass is 16.1. The van der Waals surface area contributed by atoms with Crippen LogP contribution in [0.4, 0.5) is 0 Å². The van der Waals surface area contributed by atoms with Crippen LogP contribution in [0.5, 0.6) is 0 Å². The maximum absolute atomic E-state index is 11.0. The molecule has 0 aliphatic carbocycles. The van der Waals surface area contributed by atoms with Crippen molar-refractivity contribution in [2.45, 2.75) is 20.8 Å². The van der Waals surface area contributed by atoms with E-state index in [0.717, 1.165) is 5.56 Å². The molecule has 11 heavy (non-hydrogen) atoms. The maximum atomic E-state index is 11.0. The molecule has 0 amide bonds. The first-order chi connectivity index (χ1) is 4.84. The Morgan fingerprint density at radius 3 is 2.27 bits per heavy atom. The molecule has 1 rings (SSSR count). The van der Waals surface area contributed by atoms with E-state index in [0.29, 0.717) is 6.42 Å². The summed E-state index contributed by atoms with van der Waals surface area (Å²) < 4.78 is 0. The first-order valence-corrected chi connectivity index (χ1v) is 3.43. The molecule has 60 valence electrons. The van der Waals surface area contributed by atoms with Gasteiger partial charge in [0, 0.05) is 12.0 Å². The van der Waals surface area contributed by atoms with Gasteiger partial charge < -0.3 is 0 Å². The Balaban J connectivity index is 0.000001000. The molecule has 0 bridgehead atoms. The third kappa shape index (κ3) is 2.54. The molecule has 0 aliphatic rings. The van der Waals surface area contributed by atoms with Gasteiger partial charge in [0.1, 0.15) is 0 Å². The highest BCUT2D eigenvalue weighted by Crippen LogP contribution is 2.01. The van der Waals surface area contributed by atoms with Gasteiger partial charge in [0.15, 0.2) is 5.78 Å². The van der Waals surface area contributed by atoms with Gasteiger partial charge in [0.25, 0.3) is 0 Å². The Hall–Kier alpha value is -1.11. The average Bonchev–Trinajstić information content (AvgIpc) is 2.05. The number of benzene rings is 1. The highest BCUT2D eigenvalue weighted by Gasteiger charge is 1.98. The lowest BCUT2D eigenvalue weighted by molar-refractivity contribution is 0.0988. The molecule has 1 aromatic rings. The monoisotopic (exact) mass is 150 g/mol. The first-order valence-electron chi connectivity index (χ1n) is 3.43. The second kappa shape index (κ2) is 4.67. The molecule has 0 radical (unpaired) electrons. The molecular formula is C10H14O. The molecular weight excluding hydrogens is 136 g/mol. The number of hydrogen-bond donors (Lipinski definition) is 0. The number of carbonyl (C=O) groups is 1. The van der Waals surface area contributed by atoms with Gasteiger partial charge in [-0.25, -0.2) is 0 Å². The zero-order valence-electron chi connectivity index (χ0n) is 6.00. The summed E-state index contributed by atoms with van der Waals surface area (Å²) in [4.78, 5) is 11.0. The van der Waals surface area contributed by atoms with Crippen LogP contribution in [0.3, 0.4) is 0 Å². The van der Waals surface area contributed by atoms with E-state index in [4.69, 9.17) is 0 Å². The summed E-state index contributed by atoms with van der Waals surface area (Å²) in [6.07, 6.45) is 0.587. The zero-order valence-corrected chi connectivity index (χ0v) is 6.00. The molecule has 0 aliphatic heterocycles. The Bertz CT molecular complexity index is 214. The van der Waals surface area contributed by atoms with E-state index in [1.54, 1.807) is 0 Å². The Morgan fingerprint density at radius 2 is 1.82 bits per heavy atom. The summed E-state index contributed by atoms with van der Waals surface area (Å²) >= 11 is 0. The number of ketones is 1. The number of carbonyl (C=O) groups excluding carboxylic acids is 1. The molecule has 0 spiro atoms. The largest absolute Gasteiger partial charge is 0.294 e. The molecule has 0 aromatic heterocycles. The zero-order chi connectivity index (χ0) is 7.40. The van der Waals surface area contributed by atoms with E-state index in [2.05, 4.69) is 0 Å². The molecule has 0 saturated heterocycles. The molecule has 1 heteroatoms. The fraction of sp³-hybridized carbons (Fsp3) is 0.300. The summed E-state index contributed by atoms with van der Waals surface area (Å²) in [6.45, 7) is 1.87. The van der Waals surface area contributed by atoms with E-state index in [1.165, 1.54) is 0 Å². The van der Waals surface area contributed by atoms with Crippen molar-refractivity contribution >= 4 is 5.78 Å². The summed E-state index contributed by atoms with van der Waals surface area (Å²) in [5, 5.41) is 0. The van der Waals surface area contributed by atoms with Crippen LogP contribution in [0.15, 0.2) is 30.3 Å². The molecule has 0 saturated carbocycles. The van der Waals surface area contributed by atoms with Crippen LogP contribution >= 0.6 is 0 Å². The van der Waals surface area contributed by atoms with Gasteiger partial charge in [-0.1, -0.05) is 44.7 Å². The summed E-state index contributed by atoms with van der Waals surface area (Å²) in [7, 11) is 0. The Labute approximate surface area is 68.1 Å². The molecule has 1 nitrogen and oxygen atoms in total. The van der Waals surface area contributed by atoms with E-state index in [9.17, 15) is 4.79 Å². The minimum atomic E-state index is 0. The van der Waals surface area contributed by atoms with Crippen molar-refractivity contribution < 1.29 is 4.79 Å². The Morgan fingerprint density at radius 1 is 1.27 bits per heavy atom. The van der Waals surface area contributed by atoms with Gasteiger partial charge in [-0.05, 0) is 0 Å². The van der Waals surface area contributed by atoms with E-state index >= 15 is 0 Å². The maximum Gasteiger partial charge on any atom is 0.162 e. The van der Waals surface area contributed by atoms with Gasteiger partial charge in [-0.3, -0.25) is 4.79 Å². The molecule has 0 fully saturated rings. The molecule has 0 unspecified atom stereocenters. The molecule has 0 atom stereocenters. The van der Waals surface area contributed by atoms with Crippen LogP contribution in [-0.2, 0) is 0 Å². The fourth-order valence-corrected chi connectivity index (χ4v) is 0.828. The lowest BCUT2D eigenvalue weighted by Gasteiger charge is -1.93. The predicted octanol–water partition coefficient (Wildman–Crippen LogP) is 2.92. The summed E-state index contributed by atoms with van der Waals surface area (Å²) in [6, 6.07) is 9.34. The van der Waals surface area contributed by atoms with Gasteiger partial charge in [0.2, 0.25) is 0 Å². The number of hydrogen-bond acceptors (Lipinski definition) is 1. The molecule has 0 N–H and O–H groups in total. The van der Waals surface area contributed by atoms with E-state index in [1.807, 2.05) is 37.3 Å². The summed E-state index contributed by atoms with van der Waals surface area (Å²) in [5.41, 5.74) is 0.810. The third-order valence-electron chi connectivity index (χ3n) is 1.42. The predicted molar refractivity (Wildman–Crippen MR) is 47.8 cm³/mol. The first kappa shape index (κ1) is 9.89. The normalized spacial score (nSPS) is 8.45. The topological polar surface area (TPSA) is 17.1 Å². The average molecular weight is 150 g/mol. The minimum absolute atomic E-state index is 0. The van der Waals surface area contributed by atoms with Crippen molar-refractivity contribution in [3.8, 4) is 0 Å². The quantitative estimate of drug-likeness (QED) is 0.592. The van der Waals surface area contributed by atoms with Crippen LogP contribution < -0.4 is 0 Å². The highest BCUT2D eigenvalue weighted by molar-refractivity contribution is 5.95. The van der Waals surface area contributed by atoms with Gasteiger partial charge >= 0.3 is 0 Å². The molecule has 0 heterocycles. The van der Waals surface area contributed by atoms with Crippen molar-refractivity contribution in [2.75, 3.05) is 0 Å². The van der Waals surface area contributed by atoms with Crippen LogP contribution in [0.1, 0.15) is 31.1 Å². The van der Waals surface area contributed by atoms with E-state index < -0.39 is 0 Å². The fourth-order valence-electron chi connectivity index (χ4n) is 0.828. The number of Topliss-reactive ketones (excluding diaryl/α,β-unsaturated/α-hetero) is 1.